The summed E-state index contributed by atoms with van der Waals surface area (Å²) in [4.78, 5) is -0.906. The van der Waals surface area contributed by atoms with Gasteiger partial charge in [-0.15, -0.1) is 0 Å². The first-order chi connectivity index (χ1) is 7.99. The first kappa shape index (κ1) is 14.1. The van der Waals surface area contributed by atoms with Crippen LogP contribution >= 0.6 is 0 Å². The van der Waals surface area contributed by atoms with Crippen LogP contribution in [0.2, 0.25) is 0 Å². The van der Waals surface area contributed by atoms with Crippen molar-refractivity contribution >= 4 is 10.0 Å². The lowest BCUT2D eigenvalue weighted by Crippen LogP contribution is -2.26. The third-order valence-corrected chi connectivity index (χ3v) is 3.77. The van der Waals surface area contributed by atoms with Gasteiger partial charge in [-0.1, -0.05) is 25.8 Å². The third kappa shape index (κ3) is 3.74. The van der Waals surface area contributed by atoms with Crippen molar-refractivity contribution in [2.24, 2.45) is 0 Å². The van der Waals surface area contributed by atoms with Crippen LogP contribution < -0.4 is 4.72 Å². The number of rotatable bonds is 6. The molecule has 0 aromatic heterocycles. The molecule has 0 amide bonds. The summed E-state index contributed by atoms with van der Waals surface area (Å²) in [5, 5.41) is 0. The van der Waals surface area contributed by atoms with Gasteiger partial charge in [0.25, 0.3) is 0 Å². The Balaban J connectivity index is 2.83. The Morgan fingerprint density at radius 2 is 1.76 bits per heavy atom. The van der Waals surface area contributed by atoms with E-state index < -0.39 is 26.6 Å². The summed E-state index contributed by atoms with van der Waals surface area (Å²) in [7, 11) is -4.10. The lowest BCUT2D eigenvalue weighted by molar-refractivity contribution is 0.513. The molecule has 0 aliphatic rings. The SMILES string of the molecule is CCCCCNS(=O)(=O)c1c(F)cccc1F. The Morgan fingerprint density at radius 1 is 1.18 bits per heavy atom. The molecule has 0 spiro atoms. The lowest BCUT2D eigenvalue weighted by atomic mass is 10.3. The molecule has 0 aliphatic heterocycles. The summed E-state index contributed by atoms with van der Waals surface area (Å²) in [5.74, 6) is -2.15. The molecule has 0 aliphatic carbocycles. The van der Waals surface area contributed by atoms with Crippen molar-refractivity contribution in [3.05, 3.63) is 29.8 Å². The number of sulfonamides is 1. The molecule has 0 heterocycles. The van der Waals surface area contributed by atoms with Crippen molar-refractivity contribution in [2.45, 2.75) is 31.1 Å². The molecular weight excluding hydrogens is 248 g/mol. The maximum Gasteiger partial charge on any atom is 0.246 e. The lowest BCUT2D eigenvalue weighted by Gasteiger charge is -2.08. The predicted molar refractivity (Wildman–Crippen MR) is 61.1 cm³/mol. The molecule has 1 N–H and O–H groups in total. The number of hydrogen-bond donors (Lipinski definition) is 1. The molecule has 0 saturated carbocycles. The highest BCUT2D eigenvalue weighted by Gasteiger charge is 2.22. The number of halogens is 2. The van der Waals surface area contributed by atoms with Crippen molar-refractivity contribution < 1.29 is 17.2 Å². The zero-order valence-corrected chi connectivity index (χ0v) is 10.4. The van der Waals surface area contributed by atoms with Crippen LogP contribution in [-0.4, -0.2) is 15.0 Å². The molecule has 0 fully saturated rings. The number of nitrogens with one attached hydrogen (secondary N) is 1. The summed E-state index contributed by atoms with van der Waals surface area (Å²) in [6, 6.07) is 2.97. The van der Waals surface area contributed by atoms with Gasteiger partial charge in [-0.25, -0.2) is 21.9 Å². The van der Waals surface area contributed by atoms with E-state index in [-0.39, 0.29) is 6.54 Å². The topological polar surface area (TPSA) is 46.2 Å². The molecule has 17 heavy (non-hydrogen) atoms. The zero-order valence-electron chi connectivity index (χ0n) is 9.54. The van der Waals surface area contributed by atoms with Crippen molar-refractivity contribution in [3.8, 4) is 0 Å². The van der Waals surface area contributed by atoms with Gasteiger partial charge in [0.15, 0.2) is 4.90 Å². The van der Waals surface area contributed by atoms with Crippen LogP contribution in [0.5, 0.6) is 0 Å². The number of hydrogen-bond acceptors (Lipinski definition) is 2. The second kappa shape index (κ2) is 6.07. The Labute approximate surface area is 99.9 Å². The molecule has 1 aromatic rings. The minimum atomic E-state index is -4.10. The van der Waals surface area contributed by atoms with E-state index in [9.17, 15) is 17.2 Å². The molecular formula is C11H15F2NO2S. The second-order valence-corrected chi connectivity index (χ2v) is 5.36. The summed E-state index contributed by atoms with van der Waals surface area (Å²) in [6.07, 6.45) is 2.45. The van der Waals surface area contributed by atoms with Gasteiger partial charge in [0.1, 0.15) is 11.6 Å². The van der Waals surface area contributed by atoms with Crippen LogP contribution in [0.15, 0.2) is 23.1 Å². The largest absolute Gasteiger partial charge is 0.246 e. The minimum absolute atomic E-state index is 0.184. The highest BCUT2D eigenvalue weighted by Crippen LogP contribution is 2.17. The zero-order chi connectivity index (χ0) is 12.9. The quantitative estimate of drug-likeness (QED) is 0.801. The second-order valence-electron chi connectivity index (χ2n) is 3.66. The van der Waals surface area contributed by atoms with Crippen LogP contribution in [-0.2, 0) is 10.0 Å². The molecule has 0 unspecified atom stereocenters. The van der Waals surface area contributed by atoms with Crippen molar-refractivity contribution in [1.82, 2.24) is 4.72 Å². The van der Waals surface area contributed by atoms with E-state index >= 15 is 0 Å². The Kier molecular flexibility index (Phi) is 5.02. The monoisotopic (exact) mass is 263 g/mol. The molecule has 0 bridgehead atoms. The van der Waals surface area contributed by atoms with Crippen molar-refractivity contribution in [3.63, 3.8) is 0 Å². The Bertz CT molecular complexity index is 454. The summed E-state index contributed by atoms with van der Waals surface area (Å²) in [5.41, 5.74) is 0. The van der Waals surface area contributed by atoms with Gasteiger partial charge in [-0.2, -0.15) is 0 Å². The summed E-state index contributed by atoms with van der Waals surface area (Å²) in [6.45, 7) is 2.16. The average molecular weight is 263 g/mol. The normalized spacial score (nSPS) is 11.7. The van der Waals surface area contributed by atoms with E-state index in [4.69, 9.17) is 0 Å². The van der Waals surface area contributed by atoms with Gasteiger partial charge < -0.3 is 0 Å². The highest BCUT2D eigenvalue weighted by atomic mass is 32.2. The van der Waals surface area contributed by atoms with E-state index in [1.807, 2.05) is 6.92 Å². The van der Waals surface area contributed by atoms with E-state index in [0.717, 1.165) is 31.0 Å². The first-order valence-corrected chi connectivity index (χ1v) is 6.91. The average Bonchev–Trinajstić information content (AvgIpc) is 2.24. The van der Waals surface area contributed by atoms with Crippen LogP contribution in [0.25, 0.3) is 0 Å². The van der Waals surface area contributed by atoms with E-state index in [2.05, 4.69) is 4.72 Å². The number of benzene rings is 1. The molecule has 3 nitrogen and oxygen atoms in total. The fourth-order valence-corrected chi connectivity index (χ4v) is 2.60. The first-order valence-electron chi connectivity index (χ1n) is 5.42. The van der Waals surface area contributed by atoms with Gasteiger partial charge in [-0.3, -0.25) is 0 Å². The minimum Gasteiger partial charge on any atom is -0.211 e. The maximum absolute atomic E-state index is 13.3. The summed E-state index contributed by atoms with van der Waals surface area (Å²) >= 11 is 0. The fraction of sp³-hybridized carbons (Fsp3) is 0.455. The molecule has 96 valence electrons. The van der Waals surface area contributed by atoms with Gasteiger partial charge in [0, 0.05) is 6.54 Å². The molecule has 6 heteroatoms. The molecule has 1 rings (SSSR count). The van der Waals surface area contributed by atoms with Crippen LogP contribution in [0.4, 0.5) is 8.78 Å². The summed E-state index contributed by atoms with van der Waals surface area (Å²) < 4.78 is 52.0. The van der Waals surface area contributed by atoms with Crippen molar-refractivity contribution in [2.75, 3.05) is 6.54 Å². The molecule has 0 saturated heterocycles. The maximum atomic E-state index is 13.3. The Hall–Kier alpha value is -1.01. The van der Waals surface area contributed by atoms with Crippen LogP contribution in [0, 0.1) is 11.6 Å². The van der Waals surface area contributed by atoms with Gasteiger partial charge in [0.2, 0.25) is 10.0 Å². The van der Waals surface area contributed by atoms with Crippen molar-refractivity contribution in [1.29, 1.82) is 0 Å². The standard InChI is InChI=1S/C11H15F2NO2S/c1-2-3-4-8-14-17(15,16)11-9(12)6-5-7-10(11)13/h5-7,14H,2-4,8H2,1H3. The van der Waals surface area contributed by atoms with E-state index in [0.29, 0.717) is 6.42 Å². The van der Waals surface area contributed by atoms with Gasteiger partial charge in [0.05, 0.1) is 0 Å². The Morgan fingerprint density at radius 3 is 2.29 bits per heavy atom. The van der Waals surface area contributed by atoms with E-state index in [1.54, 1.807) is 0 Å². The third-order valence-electron chi connectivity index (χ3n) is 2.26. The van der Waals surface area contributed by atoms with Crippen LogP contribution in [0.3, 0.4) is 0 Å². The highest BCUT2D eigenvalue weighted by molar-refractivity contribution is 7.89. The predicted octanol–water partition coefficient (Wildman–Crippen LogP) is 2.43. The smallest absolute Gasteiger partial charge is 0.211 e. The molecule has 1 aromatic carbocycles. The van der Waals surface area contributed by atoms with Gasteiger partial charge >= 0.3 is 0 Å². The van der Waals surface area contributed by atoms with Gasteiger partial charge in [-0.05, 0) is 18.6 Å². The number of unbranched alkanes of at least 4 members (excludes halogenated alkanes) is 2. The molecule has 0 radical (unpaired) electrons. The molecule has 0 atom stereocenters. The van der Waals surface area contributed by atoms with E-state index in [1.165, 1.54) is 0 Å². The van der Waals surface area contributed by atoms with Crippen LogP contribution in [0.1, 0.15) is 26.2 Å². The fourth-order valence-electron chi connectivity index (χ4n) is 1.39.